The van der Waals surface area contributed by atoms with Gasteiger partial charge in [0.1, 0.15) is 5.82 Å². The zero-order valence-corrected chi connectivity index (χ0v) is 10.4. The molecule has 4 heteroatoms. The number of rotatable bonds is 2. The van der Waals surface area contributed by atoms with Crippen molar-refractivity contribution in [1.82, 2.24) is 0 Å². The van der Waals surface area contributed by atoms with Gasteiger partial charge in [-0.25, -0.2) is 4.39 Å². The Balaban J connectivity index is 3.13. The highest BCUT2D eigenvalue weighted by atomic mass is 79.9. The highest BCUT2D eigenvalue weighted by Gasteiger charge is 2.18. The first-order valence-electron chi connectivity index (χ1n) is 4.22. The van der Waals surface area contributed by atoms with Crippen molar-refractivity contribution in [1.29, 1.82) is 0 Å². The highest BCUT2D eigenvalue weighted by molar-refractivity contribution is 9.10. The first-order valence-corrected chi connectivity index (χ1v) is 5.39. The summed E-state index contributed by atoms with van der Waals surface area (Å²) in [6.07, 6.45) is 0.414. The molecular formula is C10H12BrClFN. The van der Waals surface area contributed by atoms with Gasteiger partial charge in [-0.1, -0.05) is 11.6 Å². The van der Waals surface area contributed by atoms with E-state index in [-0.39, 0.29) is 5.82 Å². The van der Waals surface area contributed by atoms with Gasteiger partial charge in [0.2, 0.25) is 0 Å². The third-order valence-corrected chi connectivity index (χ3v) is 3.09. The molecule has 0 aromatic heterocycles. The number of hydrogen-bond acceptors (Lipinski definition) is 1. The minimum Gasteiger partial charge on any atom is -0.325 e. The van der Waals surface area contributed by atoms with Crippen LogP contribution in [-0.4, -0.2) is 5.54 Å². The lowest BCUT2D eigenvalue weighted by molar-refractivity contribution is 0.497. The molecule has 0 aliphatic heterocycles. The van der Waals surface area contributed by atoms with Crippen molar-refractivity contribution in [3.63, 3.8) is 0 Å². The smallest absolute Gasteiger partial charge is 0.128 e. The van der Waals surface area contributed by atoms with Crippen LogP contribution in [-0.2, 0) is 6.42 Å². The lowest BCUT2D eigenvalue weighted by Gasteiger charge is -2.19. The Labute approximate surface area is 96.6 Å². The average Bonchev–Trinajstić information content (AvgIpc) is 2.04. The van der Waals surface area contributed by atoms with Crippen LogP contribution in [0.2, 0.25) is 5.02 Å². The molecule has 0 saturated heterocycles. The van der Waals surface area contributed by atoms with E-state index in [2.05, 4.69) is 15.9 Å². The molecule has 0 bridgehead atoms. The van der Waals surface area contributed by atoms with E-state index in [0.29, 0.717) is 21.5 Å². The van der Waals surface area contributed by atoms with Crippen LogP contribution in [0.1, 0.15) is 19.4 Å². The molecule has 0 atom stereocenters. The second-order valence-corrected chi connectivity index (χ2v) is 5.22. The van der Waals surface area contributed by atoms with Gasteiger partial charge in [0.05, 0.1) is 5.02 Å². The minimum absolute atomic E-state index is 0.309. The van der Waals surface area contributed by atoms with Crippen LogP contribution >= 0.6 is 27.5 Å². The molecule has 0 heterocycles. The molecule has 0 unspecified atom stereocenters. The van der Waals surface area contributed by atoms with Crippen LogP contribution in [0.5, 0.6) is 0 Å². The Morgan fingerprint density at radius 1 is 1.50 bits per heavy atom. The maximum absolute atomic E-state index is 13.4. The van der Waals surface area contributed by atoms with Crippen LogP contribution < -0.4 is 5.73 Å². The Morgan fingerprint density at radius 2 is 2.07 bits per heavy atom. The maximum atomic E-state index is 13.4. The summed E-state index contributed by atoms with van der Waals surface area (Å²) in [6, 6.07) is 2.97. The van der Waals surface area contributed by atoms with Gasteiger partial charge < -0.3 is 5.73 Å². The number of hydrogen-bond donors (Lipinski definition) is 1. The fraction of sp³-hybridized carbons (Fsp3) is 0.400. The second kappa shape index (κ2) is 4.17. The molecule has 0 spiro atoms. The van der Waals surface area contributed by atoms with Crippen molar-refractivity contribution in [2.75, 3.05) is 0 Å². The molecule has 2 N–H and O–H groups in total. The fourth-order valence-corrected chi connectivity index (χ4v) is 1.78. The van der Waals surface area contributed by atoms with E-state index in [1.54, 1.807) is 6.07 Å². The Kier molecular flexibility index (Phi) is 3.56. The lowest BCUT2D eigenvalue weighted by atomic mass is 9.96. The van der Waals surface area contributed by atoms with Crippen molar-refractivity contribution >= 4 is 27.5 Å². The molecular weight excluding hydrogens is 268 g/mol. The molecule has 78 valence electrons. The van der Waals surface area contributed by atoms with E-state index in [9.17, 15) is 4.39 Å². The largest absolute Gasteiger partial charge is 0.325 e. The molecule has 0 fully saturated rings. The molecule has 0 amide bonds. The number of benzene rings is 1. The molecule has 1 rings (SSSR count). The first kappa shape index (κ1) is 12.0. The van der Waals surface area contributed by atoms with Crippen molar-refractivity contribution in [3.05, 3.63) is 33.0 Å². The molecule has 1 nitrogen and oxygen atoms in total. The van der Waals surface area contributed by atoms with Crippen molar-refractivity contribution in [2.24, 2.45) is 5.73 Å². The summed E-state index contributed by atoms with van der Waals surface area (Å²) in [5.74, 6) is -0.309. The van der Waals surface area contributed by atoms with Crippen LogP contribution in [0, 0.1) is 5.82 Å². The van der Waals surface area contributed by atoms with E-state index in [1.807, 2.05) is 13.8 Å². The van der Waals surface area contributed by atoms with Gasteiger partial charge in [-0.05, 0) is 48.3 Å². The summed E-state index contributed by atoms with van der Waals surface area (Å²) < 4.78 is 14.1. The van der Waals surface area contributed by atoms with Crippen LogP contribution in [0.4, 0.5) is 4.39 Å². The van der Waals surface area contributed by atoms with Gasteiger partial charge in [-0.3, -0.25) is 0 Å². The van der Waals surface area contributed by atoms with Gasteiger partial charge in [0.15, 0.2) is 0 Å². The van der Waals surface area contributed by atoms with Crippen molar-refractivity contribution in [3.8, 4) is 0 Å². The van der Waals surface area contributed by atoms with E-state index in [4.69, 9.17) is 17.3 Å². The van der Waals surface area contributed by atoms with Crippen molar-refractivity contribution < 1.29 is 4.39 Å². The summed E-state index contributed by atoms with van der Waals surface area (Å²) in [5, 5.41) is 0.406. The molecule has 0 radical (unpaired) electrons. The van der Waals surface area contributed by atoms with Crippen LogP contribution in [0.15, 0.2) is 16.6 Å². The fourth-order valence-electron chi connectivity index (χ4n) is 1.19. The topological polar surface area (TPSA) is 26.0 Å². The summed E-state index contributed by atoms with van der Waals surface area (Å²) in [5.41, 5.74) is 5.81. The third-order valence-electron chi connectivity index (χ3n) is 1.77. The number of halogens is 3. The lowest BCUT2D eigenvalue weighted by Crippen LogP contribution is -2.34. The van der Waals surface area contributed by atoms with Gasteiger partial charge in [-0.2, -0.15) is 0 Å². The zero-order valence-electron chi connectivity index (χ0n) is 8.07. The summed E-state index contributed by atoms with van der Waals surface area (Å²) in [7, 11) is 0. The van der Waals surface area contributed by atoms with Gasteiger partial charge >= 0.3 is 0 Å². The SMILES string of the molecule is CC(C)(N)Cc1c(F)ccc(Br)c1Cl. The molecule has 1 aromatic carbocycles. The second-order valence-electron chi connectivity index (χ2n) is 3.99. The van der Waals surface area contributed by atoms with Gasteiger partial charge in [0.25, 0.3) is 0 Å². The van der Waals surface area contributed by atoms with E-state index in [1.165, 1.54) is 6.07 Å². The van der Waals surface area contributed by atoms with E-state index >= 15 is 0 Å². The Hall–Kier alpha value is -0.120. The van der Waals surface area contributed by atoms with Crippen LogP contribution in [0.25, 0.3) is 0 Å². The highest BCUT2D eigenvalue weighted by Crippen LogP contribution is 2.30. The summed E-state index contributed by atoms with van der Waals surface area (Å²) in [4.78, 5) is 0. The predicted octanol–water partition coefficient (Wildman–Crippen LogP) is 3.52. The first-order chi connectivity index (χ1) is 6.31. The quantitative estimate of drug-likeness (QED) is 0.824. The van der Waals surface area contributed by atoms with Crippen LogP contribution in [0.3, 0.4) is 0 Å². The maximum Gasteiger partial charge on any atom is 0.128 e. The average molecular weight is 281 g/mol. The predicted molar refractivity (Wildman–Crippen MR) is 61.1 cm³/mol. The Morgan fingerprint density at radius 3 is 2.57 bits per heavy atom. The van der Waals surface area contributed by atoms with E-state index in [0.717, 1.165) is 0 Å². The van der Waals surface area contributed by atoms with E-state index < -0.39 is 5.54 Å². The molecule has 0 aliphatic carbocycles. The van der Waals surface area contributed by atoms with Gasteiger partial charge in [0, 0.05) is 15.6 Å². The standard InChI is InChI=1S/C10H12BrClFN/c1-10(2,14)5-6-8(13)4-3-7(11)9(6)12/h3-4H,5,14H2,1-2H3. The molecule has 14 heavy (non-hydrogen) atoms. The normalized spacial score (nSPS) is 11.9. The molecule has 0 saturated carbocycles. The summed E-state index contributed by atoms with van der Waals surface area (Å²) >= 11 is 9.21. The minimum atomic E-state index is -0.467. The van der Waals surface area contributed by atoms with Crippen molar-refractivity contribution in [2.45, 2.75) is 25.8 Å². The monoisotopic (exact) mass is 279 g/mol. The Bertz CT molecular complexity index is 347. The molecule has 0 aliphatic rings. The number of nitrogens with two attached hydrogens (primary N) is 1. The molecule has 1 aromatic rings. The summed E-state index contributed by atoms with van der Waals surface area (Å²) in [6.45, 7) is 3.67. The van der Waals surface area contributed by atoms with Gasteiger partial charge in [-0.15, -0.1) is 0 Å². The zero-order chi connectivity index (χ0) is 10.9. The third kappa shape index (κ3) is 2.94.